The summed E-state index contributed by atoms with van der Waals surface area (Å²) < 4.78 is 3.04. The van der Waals surface area contributed by atoms with Gasteiger partial charge >= 0.3 is 0 Å². The van der Waals surface area contributed by atoms with Crippen molar-refractivity contribution in [1.82, 2.24) is 9.88 Å². The van der Waals surface area contributed by atoms with E-state index < -0.39 is 0 Å². The van der Waals surface area contributed by atoms with E-state index in [1.807, 2.05) is 35.9 Å². The van der Waals surface area contributed by atoms with Crippen molar-refractivity contribution in [3.05, 3.63) is 34.4 Å². The van der Waals surface area contributed by atoms with Crippen molar-refractivity contribution in [2.45, 2.75) is 18.8 Å². The van der Waals surface area contributed by atoms with Gasteiger partial charge in [-0.15, -0.1) is 0 Å². The Bertz CT molecular complexity index is 690. The van der Waals surface area contributed by atoms with E-state index in [0.717, 1.165) is 21.1 Å². The van der Waals surface area contributed by atoms with Gasteiger partial charge in [-0.25, -0.2) is 0 Å². The van der Waals surface area contributed by atoms with Gasteiger partial charge in [0.2, 0.25) is 11.8 Å². The minimum Gasteiger partial charge on any atom is -0.347 e. The normalized spacial score (nSPS) is 19.8. The molecule has 0 radical (unpaired) electrons. The Kier molecular flexibility index (Phi) is 2.93. The van der Waals surface area contributed by atoms with E-state index in [2.05, 4.69) is 21.2 Å². The van der Waals surface area contributed by atoms with Gasteiger partial charge in [0, 0.05) is 34.5 Å². The number of hydrogen-bond donors (Lipinski definition) is 1. The van der Waals surface area contributed by atoms with Crippen molar-refractivity contribution >= 4 is 38.6 Å². The molecule has 98 valence electrons. The summed E-state index contributed by atoms with van der Waals surface area (Å²) in [6.07, 6.45) is 0.984. The molecule has 2 amide bonds. The van der Waals surface area contributed by atoms with Gasteiger partial charge in [-0.3, -0.25) is 14.9 Å². The van der Waals surface area contributed by atoms with Crippen LogP contribution in [0.15, 0.2) is 28.7 Å². The van der Waals surface area contributed by atoms with Crippen LogP contribution in [0, 0.1) is 0 Å². The van der Waals surface area contributed by atoms with Gasteiger partial charge in [0.05, 0.1) is 5.92 Å². The lowest BCUT2D eigenvalue weighted by molar-refractivity contribution is -0.134. The second-order valence-corrected chi connectivity index (χ2v) is 5.75. The minimum absolute atomic E-state index is 0.178. The van der Waals surface area contributed by atoms with Crippen molar-refractivity contribution in [2.75, 3.05) is 0 Å². The number of aromatic nitrogens is 1. The largest absolute Gasteiger partial charge is 0.347 e. The average Bonchev–Trinajstić information content (AvgIpc) is 2.66. The van der Waals surface area contributed by atoms with Crippen LogP contribution in [0.3, 0.4) is 0 Å². The first-order valence-electron chi connectivity index (χ1n) is 6.15. The topological polar surface area (TPSA) is 51.1 Å². The Morgan fingerprint density at radius 1 is 1.32 bits per heavy atom. The molecule has 1 aliphatic heterocycles. The lowest BCUT2D eigenvalue weighted by atomic mass is 9.94. The molecule has 4 nitrogen and oxygen atoms in total. The molecule has 3 rings (SSSR count). The standard InChI is InChI=1S/C14H13BrN2O2/c1-17-11-4-2-9(15)6-8(11)7-12(17)10-3-5-13(18)16-14(10)19/h2,4,6-7,10H,3,5H2,1H3,(H,16,18,19). The summed E-state index contributed by atoms with van der Waals surface area (Å²) in [5, 5.41) is 3.50. The molecule has 1 atom stereocenters. The number of benzene rings is 1. The highest BCUT2D eigenvalue weighted by Gasteiger charge is 2.30. The van der Waals surface area contributed by atoms with E-state index in [0.29, 0.717) is 12.8 Å². The number of carbonyl (C=O) groups excluding carboxylic acids is 2. The van der Waals surface area contributed by atoms with Gasteiger partial charge in [-0.1, -0.05) is 15.9 Å². The molecule has 1 aliphatic rings. The van der Waals surface area contributed by atoms with Crippen LogP contribution in [0.2, 0.25) is 0 Å². The van der Waals surface area contributed by atoms with E-state index in [1.54, 1.807) is 0 Å². The molecule has 1 aromatic heterocycles. The number of amides is 2. The van der Waals surface area contributed by atoms with Crippen molar-refractivity contribution in [3.8, 4) is 0 Å². The predicted molar refractivity (Wildman–Crippen MR) is 75.7 cm³/mol. The molecule has 1 fully saturated rings. The van der Waals surface area contributed by atoms with Crippen LogP contribution in [0.4, 0.5) is 0 Å². The number of fused-ring (bicyclic) bond motifs is 1. The number of nitrogens with one attached hydrogen (secondary N) is 1. The Balaban J connectivity index is 2.07. The number of halogens is 1. The monoisotopic (exact) mass is 320 g/mol. The van der Waals surface area contributed by atoms with Crippen molar-refractivity contribution in [2.24, 2.45) is 7.05 Å². The van der Waals surface area contributed by atoms with Gasteiger partial charge in [-0.2, -0.15) is 0 Å². The van der Waals surface area contributed by atoms with Crippen LogP contribution in [-0.2, 0) is 16.6 Å². The summed E-state index contributed by atoms with van der Waals surface area (Å²) in [6, 6.07) is 8.07. The molecule has 5 heteroatoms. The van der Waals surface area contributed by atoms with Crippen LogP contribution >= 0.6 is 15.9 Å². The summed E-state index contributed by atoms with van der Waals surface area (Å²) >= 11 is 3.45. The Hall–Kier alpha value is -1.62. The zero-order valence-corrected chi connectivity index (χ0v) is 12.0. The number of rotatable bonds is 1. The van der Waals surface area contributed by atoms with E-state index in [4.69, 9.17) is 0 Å². The molecule has 19 heavy (non-hydrogen) atoms. The lowest BCUT2D eigenvalue weighted by Crippen LogP contribution is -2.40. The second-order valence-electron chi connectivity index (χ2n) is 4.84. The Morgan fingerprint density at radius 2 is 2.11 bits per heavy atom. The maximum atomic E-state index is 11.9. The summed E-state index contributed by atoms with van der Waals surface area (Å²) in [5.74, 6) is -0.613. The first kappa shape index (κ1) is 12.4. The highest BCUT2D eigenvalue weighted by Crippen LogP contribution is 2.30. The van der Waals surface area contributed by atoms with Crippen LogP contribution in [-0.4, -0.2) is 16.4 Å². The molecular formula is C14H13BrN2O2. The van der Waals surface area contributed by atoms with Crippen molar-refractivity contribution in [1.29, 1.82) is 0 Å². The SMILES string of the molecule is Cn1c(C2CCC(=O)NC2=O)cc2cc(Br)ccc21. The summed E-state index contributed by atoms with van der Waals surface area (Å²) in [4.78, 5) is 23.2. The van der Waals surface area contributed by atoms with E-state index >= 15 is 0 Å². The molecule has 0 saturated carbocycles. The van der Waals surface area contributed by atoms with Crippen LogP contribution in [0.1, 0.15) is 24.5 Å². The lowest BCUT2D eigenvalue weighted by Gasteiger charge is -2.21. The number of carbonyl (C=O) groups is 2. The second kappa shape index (κ2) is 4.49. The number of nitrogens with zero attached hydrogens (tertiary/aromatic N) is 1. The van der Waals surface area contributed by atoms with Crippen molar-refractivity contribution < 1.29 is 9.59 Å². The molecule has 1 aromatic carbocycles. The molecule has 0 bridgehead atoms. The maximum absolute atomic E-state index is 11.9. The zero-order chi connectivity index (χ0) is 13.6. The highest BCUT2D eigenvalue weighted by molar-refractivity contribution is 9.10. The van der Waals surface area contributed by atoms with E-state index in [9.17, 15) is 9.59 Å². The number of aryl methyl sites for hydroxylation is 1. The smallest absolute Gasteiger partial charge is 0.235 e. The summed E-state index contributed by atoms with van der Waals surface area (Å²) in [5.41, 5.74) is 2.04. The fraction of sp³-hybridized carbons (Fsp3) is 0.286. The molecule has 2 heterocycles. The summed E-state index contributed by atoms with van der Waals surface area (Å²) in [7, 11) is 1.95. The molecule has 0 spiro atoms. The fourth-order valence-corrected chi connectivity index (χ4v) is 3.03. The highest BCUT2D eigenvalue weighted by atomic mass is 79.9. The van der Waals surface area contributed by atoms with Crippen LogP contribution < -0.4 is 5.32 Å². The first-order valence-corrected chi connectivity index (χ1v) is 6.94. The zero-order valence-electron chi connectivity index (χ0n) is 10.4. The number of imide groups is 1. The van der Waals surface area contributed by atoms with Gasteiger partial charge < -0.3 is 4.57 Å². The average molecular weight is 321 g/mol. The van der Waals surface area contributed by atoms with E-state index in [-0.39, 0.29) is 17.7 Å². The van der Waals surface area contributed by atoms with Crippen LogP contribution in [0.5, 0.6) is 0 Å². The van der Waals surface area contributed by atoms with Gasteiger partial charge in [0.15, 0.2) is 0 Å². The molecule has 0 aliphatic carbocycles. The minimum atomic E-state index is -0.242. The third-order valence-corrected chi connectivity index (χ3v) is 4.13. The molecule has 1 saturated heterocycles. The van der Waals surface area contributed by atoms with E-state index in [1.165, 1.54) is 0 Å². The van der Waals surface area contributed by atoms with Gasteiger partial charge in [0.25, 0.3) is 0 Å². The summed E-state index contributed by atoms with van der Waals surface area (Å²) in [6.45, 7) is 0. The third-order valence-electron chi connectivity index (χ3n) is 3.64. The molecule has 1 N–H and O–H groups in total. The Morgan fingerprint density at radius 3 is 2.84 bits per heavy atom. The third kappa shape index (κ3) is 2.08. The number of piperidine rings is 1. The molecular weight excluding hydrogens is 308 g/mol. The van der Waals surface area contributed by atoms with Crippen molar-refractivity contribution in [3.63, 3.8) is 0 Å². The molecule has 2 aromatic rings. The predicted octanol–water partition coefficient (Wildman–Crippen LogP) is 2.46. The first-order chi connectivity index (χ1) is 9.06. The molecule has 1 unspecified atom stereocenters. The van der Waals surface area contributed by atoms with Gasteiger partial charge in [-0.05, 0) is 30.7 Å². The van der Waals surface area contributed by atoms with Gasteiger partial charge in [0.1, 0.15) is 0 Å². The fourth-order valence-electron chi connectivity index (χ4n) is 2.65. The number of hydrogen-bond acceptors (Lipinski definition) is 2. The Labute approximate surface area is 118 Å². The van der Waals surface area contributed by atoms with Crippen LogP contribution in [0.25, 0.3) is 10.9 Å². The quantitative estimate of drug-likeness (QED) is 0.821. The maximum Gasteiger partial charge on any atom is 0.235 e.